The predicted octanol–water partition coefficient (Wildman–Crippen LogP) is 2.41. The molecule has 1 saturated heterocycles. The van der Waals surface area contributed by atoms with E-state index in [1.807, 2.05) is 35.2 Å². The van der Waals surface area contributed by atoms with Crippen LogP contribution in [-0.4, -0.2) is 16.8 Å². The summed E-state index contributed by atoms with van der Waals surface area (Å²) in [6.45, 7) is 2.67. The number of nitrogens with zero attached hydrogens (tertiary/aromatic N) is 1. The van der Waals surface area contributed by atoms with Gasteiger partial charge in [0, 0.05) is 6.54 Å². The van der Waals surface area contributed by atoms with E-state index in [2.05, 4.69) is 31.2 Å². The van der Waals surface area contributed by atoms with Crippen molar-refractivity contribution in [1.82, 2.24) is 4.90 Å². The highest BCUT2D eigenvalue weighted by Gasteiger charge is 2.45. The predicted molar refractivity (Wildman–Crippen MR) is 78.9 cm³/mol. The Bertz CT molecular complexity index is 607. The number of β-lactam (4-membered cyclic amide) rings is 1. The van der Waals surface area contributed by atoms with Gasteiger partial charge in [0.2, 0.25) is 5.91 Å². The Morgan fingerprint density at radius 2 is 1.70 bits per heavy atom. The lowest BCUT2D eigenvalue weighted by atomic mass is 9.88. The van der Waals surface area contributed by atoms with Crippen LogP contribution in [0.5, 0.6) is 0 Å². The summed E-state index contributed by atoms with van der Waals surface area (Å²) in [5.74, 6) is 0.0272. The zero-order valence-electron chi connectivity index (χ0n) is 11.5. The van der Waals surface area contributed by atoms with Crippen LogP contribution < -0.4 is 5.73 Å². The monoisotopic (exact) mass is 266 g/mol. The van der Waals surface area contributed by atoms with Gasteiger partial charge in [0.1, 0.15) is 6.04 Å². The standard InChI is InChI=1S/C17H18N2O/c1-12-7-9-14(10-8-12)16-15(18)17(20)19(16)11-13-5-3-2-4-6-13/h2-10,15-16H,11,18H2,1H3/t15-,16-/m1/s1. The van der Waals surface area contributed by atoms with Crippen molar-refractivity contribution >= 4 is 5.91 Å². The molecule has 0 bridgehead atoms. The maximum atomic E-state index is 12.0. The molecule has 20 heavy (non-hydrogen) atoms. The molecule has 1 fully saturated rings. The van der Waals surface area contributed by atoms with Crippen molar-refractivity contribution in [3.05, 3.63) is 71.3 Å². The van der Waals surface area contributed by atoms with Gasteiger partial charge in [-0.2, -0.15) is 0 Å². The molecule has 0 unspecified atom stereocenters. The summed E-state index contributed by atoms with van der Waals surface area (Å²) in [5, 5.41) is 0. The van der Waals surface area contributed by atoms with E-state index in [1.54, 1.807) is 0 Å². The summed E-state index contributed by atoms with van der Waals surface area (Å²) in [5.41, 5.74) is 9.44. The number of carbonyl (C=O) groups is 1. The summed E-state index contributed by atoms with van der Waals surface area (Å²) in [4.78, 5) is 13.9. The van der Waals surface area contributed by atoms with E-state index < -0.39 is 6.04 Å². The fourth-order valence-electron chi connectivity index (χ4n) is 2.68. The summed E-state index contributed by atoms with van der Waals surface area (Å²) in [6, 6.07) is 17.8. The van der Waals surface area contributed by atoms with Crippen molar-refractivity contribution < 1.29 is 4.79 Å². The zero-order valence-corrected chi connectivity index (χ0v) is 11.5. The van der Waals surface area contributed by atoms with Crippen LogP contribution >= 0.6 is 0 Å². The lowest BCUT2D eigenvalue weighted by Gasteiger charge is -2.45. The average Bonchev–Trinajstić information content (AvgIpc) is 2.49. The average molecular weight is 266 g/mol. The van der Waals surface area contributed by atoms with Crippen molar-refractivity contribution in [1.29, 1.82) is 0 Å². The Kier molecular flexibility index (Phi) is 3.28. The van der Waals surface area contributed by atoms with Crippen LogP contribution in [0.25, 0.3) is 0 Å². The first-order valence-corrected chi connectivity index (χ1v) is 6.83. The van der Waals surface area contributed by atoms with E-state index in [1.165, 1.54) is 5.56 Å². The maximum absolute atomic E-state index is 12.0. The minimum atomic E-state index is -0.415. The number of amides is 1. The van der Waals surface area contributed by atoms with Gasteiger partial charge >= 0.3 is 0 Å². The molecule has 1 aliphatic rings. The van der Waals surface area contributed by atoms with Crippen molar-refractivity contribution in [2.45, 2.75) is 25.6 Å². The molecule has 0 aromatic heterocycles. The minimum Gasteiger partial charge on any atom is -0.328 e. The Morgan fingerprint density at radius 3 is 2.35 bits per heavy atom. The van der Waals surface area contributed by atoms with Gasteiger partial charge in [-0.1, -0.05) is 60.2 Å². The molecule has 3 nitrogen and oxygen atoms in total. The highest BCUT2D eigenvalue weighted by atomic mass is 16.2. The van der Waals surface area contributed by atoms with Crippen LogP contribution in [0.2, 0.25) is 0 Å². The number of nitrogens with two attached hydrogens (primary N) is 1. The van der Waals surface area contributed by atoms with E-state index in [9.17, 15) is 4.79 Å². The third-order valence-corrected chi connectivity index (χ3v) is 3.86. The number of aryl methyl sites for hydroxylation is 1. The third-order valence-electron chi connectivity index (χ3n) is 3.86. The van der Waals surface area contributed by atoms with Gasteiger partial charge in [-0.15, -0.1) is 0 Å². The number of likely N-dealkylation sites (tertiary alicyclic amines) is 1. The highest BCUT2D eigenvalue weighted by molar-refractivity contribution is 5.89. The molecule has 102 valence electrons. The van der Waals surface area contributed by atoms with Gasteiger partial charge in [-0.25, -0.2) is 0 Å². The molecule has 1 aliphatic heterocycles. The molecule has 3 rings (SSSR count). The second-order valence-corrected chi connectivity index (χ2v) is 5.33. The summed E-state index contributed by atoms with van der Waals surface area (Å²) >= 11 is 0. The molecule has 0 radical (unpaired) electrons. The third kappa shape index (κ3) is 2.21. The summed E-state index contributed by atoms with van der Waals surface area (Å²) < 4.78 is 0. The van der Waals surface area contributed by atoms with Crippen LogP contribution in [0, 0.1) is 6.92 Å². The van der Waals surface area contributed by atoms with Crippen molar-refractivity contribution in [2.24, 2.45) is 5.73 Å². The Morgan fingerprint density at radius 1 is 1.05 bits per heavy atom. The fourth-order valence-corrected chi connectivity index (χ4v) is 2.68. The second-order valence-electron chi connectivity index (χ2n) is 5.33. The quantitative estimate of drug-likeness (QED) is 0.867. The molecule has 0 aliphatic carbocycles. The lowest BCUT2D eigenvalue weighted by Crippen LogP contribution is -2.62. The Hall–Kier alpha value is -2.13. The molecular formula is C17H18N2O. The molecule has 3 heteroatoms. The smallest absolute Gasteiger partial charge is 0.242 e. The van der Waals surface area contributed by atoms with Crippen LogP contribution in [-0.2, 0) is 11.3 Å². The molecule has 2 atom stereocenters. The van der Waals surface area contributed by atoms with Gasteiger partial charge in [0.25, 0.3) is 0 Å². The molecule has 2 aromatic carbocycles. The largest absolute Gasteiger partial charge is 0.328 e. The maximum Gasteiger partial charge on any atom is 0.242 e. The van der Waals surface area contributed by atoms with Crippen molar-refractivity contribution in [3.8, 4) is 0 Å². The van der Waals surface area contributed by atoms with Crippen molar-refractivity contribution in [2.75, 3.05) is 0 Å². The first kappa shape index (κ1) is 12.9. The topological polar surface area (TPSA) is 46.3 Å². The summed E-state index contributed by atoms with van der Waals surface area (Å²) in [7, 11) is 0. The van der Waals surface area contributed by atoms with Crippen LogP contribution in [0.15, 0.2) is 54.6 Å². The van der Waals surface area contributed by atoms with Gasteiger partial charge in [0.15, 0.2) is 0 Å². The normalized spacial score (nSPS) is 21.7. The van der Waals surface area contributed by atoms with E-state index >= 15 is 0 Å². The fraction of sp³-hybridized carbons (Fsp3) is 0.235. The molecule has 0 spiro atoms. The van der Waals surface area contributed by atoms with Crippen LogP contribution in [0.4, 0.5) is 0 Å². The Labute approximate surface area is 119 Å². The number of hydrogen-bond donors (Lipinski definition) is 1. The molecule has 1 amide bonds. The molecular weight excluding hydrogens is 248 g/mol. The first-order chi connectivity index (χ1) is 9.66. The summed E-state index contributed by atoms with van der Waals surface area (Å²) in [6.07, 6.45) is 0. The molecule has 1 heterocycles. The number of hydrogen-bond acceptors (Lipinski definition) is 2. The van der Waals surface area contributed by atoms with Gasteiger partial charge < -0.3 is 10.6 Å². The van der Waals surface area contributed by atoms with Gasteiger partial charge in [0.05, 0.1) is 6.04 Å². The first-order valence-electron chi connectivity index (χ1n) is 6.83. The van der Waals surface area contributed by atoms with Crippen LogP contribution in [0.3, 0.4) is 0 Å². The van der Waals surface area contributed by atoms with Crippen molar-refractivity contribution in [3.63, 3.8) is 0 Å². The van der Waals surface area contributed by atoms with E-state index in [0.717, 1.165) is 11.1 Å². The zero-order chi connectivity index (χ0) is 14.1. The SMILES string of the molecule is Cc1ccc([C@@H]2[C@@H](N)C(=O)N2Cc2ccccc2)cc1. The van der Waals surface area contributed by atoms with E-state index in [4.69, 9.17) is 5.73 Å². The molecule has 2 N–H and O–H groups in total. The molecule has 0 saturated carbocycles. The van der Waals surface area contributed by atoms with Gasteiger partial charge in [-0.3, -0.25) is 4.79 Å². The number of rotatable bonds is 3. The van der Waals surface area contributed by atoms with E-state index in [-0.39, 0.29) is 11.9 Å². The minimum absolute atomic E-state index is 0.0108. The van der Waals surface area contributed by atoms with Gasteiger partial charge in [-0.05, 0) is 18.1 Å². The van der Waals surface area contributed by atoms with Crippen LogP contribution in [0.1, 0.15) is 22.7 Å². The number of carbonyl (C=O) groups excluding carboxylic acids is 1. The number of benzene rings is 2. The highest BCUT2D eigenvalue weighted by Crippen LogP contribution is 2.35. The Balaban J connectivity index is 1.82. The second kappa shape index (κ2) is 5.10. The van der Waals surface area contributed by atoms with E-state index in [0.29, 0.717) is 6.54 Å². The molecule has 2 aromatic rings. The lowest BCUT2D eigenvalue weighted by molar-refractivity contribution is -0.150.